The van der Waals surface area contributed by atoms with Crippen LogP contribution in [-0.2, 0) is 11.3 Å². The summed E-state index contributed by atoms with van der Waals surface area (Å²) in [5.74, 6) is 0.0773. The molecule has 3 aliphatic heterocycles. The van der Waals surface area contributed by atoms with Crippen molar-refractivity contribution in [3.05, 3.63) is 62.1 Å². The summed E-state index contributed by atoms with van der Waals surface area (Å²) >= 11 is 0. The number of hydrogen-bond acceptors (Lipinski definition) is 6. The fraction of sp³-hybridized carbons (Fsp3) is 0.350. The predicted octanol–water partition coefficient (Wildman–Crippen LogP) is 1.35. The average Bonchev–Trinajstić information content (AvgIpc) is 2.73. The summed E-state index contributed by atoms with van der Waals surface area (Å²) in [6.45, 7) is 1.19. The zero-order chi connectivity index (χ0) is 21.0. The Balaban J connectivity index is 1.42. The van der Waals surface area contributed by atoms with Gasteiger partial charge in [-0.2, -0.15) is 0 Å². The van der Waals surface area contributed by atoms with Crippen LogP contribution in [0.5, 0.6) is 5.75 Å². The number of fused-ring (bicyclic) bond motifs is 5. The van der Waals surface area contributed by atoms with Crippen LogP contribution < -0.4 is 15.6 Å². The van der Waals surface area contributed by atoms with Crippen molar-refractivity contribution in [3.63, 3.8) is 0 Å². The van der Waals surface area contributed by atoms with Gasteiger partial charge in [-0.05, 0) is 36.6 Å². The van der Waals surface area contributed by atoms with Crippen LogP contribution in [0.1, 0.15) is 28.4 Å². The summed E-state index contributed by atoms with van der Waals surface area (Å²) < 4.78 is 6.83. The number of piperidine rings is 1. The fourth-order valence-electron chi connectivity index (χ4n) is 4.64. The number of nitro groups is 1. The van der Waals surface area contributed by atoms with Gasteiger partial charge in [0.15, 0.2) is 6.61 Å². The van der Waals surface area contributed by atoms with E-state index in [1.54, 1.807) is 29.2 Å². The van der Waals surface area contributed by atoms with Gasteiger partial charge in [-0.25, -0.2) is 0 Å². The Morgan fingerprint density at radius 2 is 2.00 bits per heavy atom. The minimum Gasteiger partial charge on any atom is -0.482 e. The van der Waals surface area contributed by atoms with Crippen LogP contribution in [0.3, 0.4) is 0 Å². The molecular formula is C20H18N4O6. The van der Waals surface area contributed by atoms with E-state index in [0.717, 1.165) is 12.1 Å². The van der Waals surface area contributed by atoms with Crippen LogP contribution in [0.15, 0.2) is 35.1 Å². The van der Waals surface area contributed by atoms with Gasteiger partial charge >= 0.3 is 11.2 Å². The maximum absolute atomic E-state index is 13.1. The third-order valence-electron chi connectivity index (χ3n) is 5.93. The van der Waals surface area contributed by atoms with Gasteiger partial charge < -0.3 is 19.5 Å². The molecule has 1 N–H and O–H groups in total. The minimum atomic E-state index is -0.658. The molecule has 1 unspecified atom stereocenters. The Kier molecular flexibility index (Phi) is 4.09. The van der Waals surface area contributed by atoms with E-state index < -0.39 is 16.2 Å². The van der Waals surface area contributed by atoms with Crippen LogP contribution in [-0.4, -0.2) is 45.9 Å². The Bertz CT molecular complexity index is 1160. The van der Waals surface area contributed by atoms with Crippen LogP contribution in [0.25, 0.3) is 0 Å². The SMILES string of the molecule is O=C1COc2ccc(C(=O)N3CC4C[C@@H](C3)Cn3c4ccc([N+](=O)[O-])c3=O)cc2N1. The molecule has 0 spiro atoms. The lowest BCUT2D eigenvalue weighted by Crippen LogP contribution is -2.49. The molecular weight excluding hydrogens is 392 g/mol. The van der Waals surface area contributed by atoms with Crippen molar-refractivity contribution in [2.24, 2.45) is 5.92 Å². The van der Waals surface area contributed by atoms with Crippen molar-refractivity contribution < 1.29 is 19.2 Å². The van der Waals surface area contributed by atoms with Gasteiger partial charge in [0, 0.05) is 42.9 Å². The van der Waals surface area contributed by atoms with Gasteiger partial charge in [0.1, 0.15) is 5.75 Å². The third-order valence-corrected chi connectivity index (χ3v) is 5.93. The number of pyridine rings is 1. The number of anilines is 1. The second-order valence-corrected chi connectivity index (χ2v) is 7.87. The lowest BCUT2D eigenvalue weighted by atomic mass is 9.83. The molecule has 4 heterocycles. The van der Waals surface area contributed by atoms with Gasteiger partial charge in [0.2, 0.25) is 0 Å². The van der Waals surface area contributed by atoms with Gasteiger partial charge in [-0.1, -0.05) is 0 Å². The maximum Gasteiger partial charge on any atom is 0.334 e. The molecule has 10 heteroatoms. The first-order valence-electron chi connectivity index (χ1n) is 9.65. The van der Waals surface area contributed by atoms with Crippen LogP contribution >= 0.6 is 0 Å². The molecule has 10 nitrogen and oxygen atoms in total. The second-order valence-electron chi connectivity index (χ2n) is 7.87. The molecule has 0 aliphatic carbocycles. The van der Waals surface area contributed by atoms with Crippen molar-refractivity contribution in [2.75, 3.05) is 25.0 Å². The van der Waals surface area contributed by atoms with Crippen molar-refractivity contribution in [2.45, 2.75) is 18.9 Å². The van der Waals surface area contributed by atoms with Gasteiger partial charge in [0.25, 0.3) is 11.8 Å². The summed E-state index contributed by atoms with van der Waals surface area (Å²) in [4.78, 5) is 49.3. The largest absolute Gasteiger partial charge is 0.482 e. The van der Waals surface area contributed by atoms with Crippen LogP contribution in [0, 0.1) is 16.0 Å². The number of amides is 2. The molecule has 2 amide bonds. The highest BCUT2D eigenvalue weighted by Gasteiger charge is 2.38. The molecule has 0 saturated carbocycles. The highest BCUT2D eigenvalue weighted by Crippen LogP contribution is 2.36. The Morgan fingerprint density at radius 3 is 2.80 bits per heavy atom. The van der Waals surface area contributed by atoms with Crippen molar-refractivity contribution in [3.8, 4) is 5.75 Å². The number of benzene rings is 1. The molecule has 1 fully saturated rings. The Labute approximate surface area is 170 Å². The number of carbonyl (C=O) groups excluding carboxylic acids is 2. The normalized spacial score (nSPS) is 21.7. The molecule has 1 aromatic heterocycles. The van der Waals surface area contributed by atoms with E-state index in [1.165, 1.54) is 10.6 Å². The number of ether oxygens (including phenoxy) is 1. The molecule has 1 aromatic carbocycles. The molecule has 154 valence electrons. The predicted molar refractivity (Wildman–Crippen MR) is 105 cm³/mol. The van der Waals surface area contributed by atoms with Gasteiger partial charge in [-0.15, -0.1) is 0 Å². The summed E-state index contributed by atoms with van der Waals surface area (Å²) in [5, 5.41) is 13.8. The summed E-state index contributed by atoms with van der Waals surface area (Å²) in [6, 6.07) is 7.83. The van der Waals surface area contributed by atoms with Crippen LogP contribution in [0.2, 0.25) is 0 Å². The van der Waals surface area contributed by atoms with E-state index in [9.17, 15) is 24.5 Å². The van der Waals surface area contributed by atoms with E-state index >= 15 is 0 Å². The number of nitrogens with one attached hydrogen (secondary N) is 1. The minimum absolute atomic E-state index is 0.0422. The fourth-order valence-corrected chi connectivity index (χ4v) is 4.64. The average molecular weight is 410 g/mol. The first-order chi connectivity index (χ1) is 14.4. The number of rotatable bonds is 2. The topological polar surface area (TPSA) is 124 Å². The monoisotopic (exact) mass is 410 g/mol. The summed E-state index contributed by atoms with van der Waals surface area (Å²) in [5.41, 5.74) is 0.631. The summed E-state index contributed by atoms with van der Waals surface area (Å²) in [6.07, 6.45) is 0.828. The molecule has 2 aromatic rings. The molecule has 0 radical (unpaired) electrons. The highest BCUT2D eigenvalue weighted by molar-refractivity contribution is 6.00. The number of carbonyl (C=O) groups is 2. The third kappa shape index (κ3) is 2.92. The summed E-state index contributed by atoms with van der Waals surface area (Å²) in [7, 11) is 0. The number of hydrogen-bond donors (Lipinski definition) is 1. The van der Waals surface area contributed by atoms with Crippen molar-refractivity contribution in [1.82, 2.24) is 9.47 Å². The van der Waals surface area contributed by atoms with E-state index in [4.69, 9.17) is 4.74 Å². The maximum atomic E-state index is 13.1. The lowest BCUT2D eigenvalue weighted by molar-refractivity contribution is -0.386. The van der Waals surface area contributed by atoms with E-state index in [1.807, 2.05) is 0 Å². The smallest absolute Gasteiger partial charge is 0.334 e. The number of nitrogens with zero attached hydrogens (tertiary/aromatic N) is 3. The number of aromatic nitrogens is 1. The zero-order valence-corrected chi connectivity index (χ0v) is 15.9. The molecule has 30 heavy (non-hydrogen) atoms. The van der Waals surface area contributed by atoms with Crippen molar-refractivity contribution >= 4 is 23.2 Å². The zero-order valence-electron chi connectivity index (χ0n) is 15.9. The van der Waals surface area contributed by atoms with E-state index in [0.29, 0.717) is 36.6 Å². The van der Waals surface area contributed by atoms with Gasteiger partial charge in [-0.3, -0.25) is 24.5 Å². The van der Waals surface area contributed by atoms with Crippen molar-refractivity contribution in [1.29, 1.82) is 0 Å². The first kappa shape index (κ1) is 18.3. The van der Waals surface area contributed by atoms with Gasteiger partial charge in [0.05, 0.1) is 10.6 Å². The molecule has 3 aliphatic rings. The first-order valence-corrected chi connectivity index (χ1v) is 9.65. The highest BCUT2D eigenvalue weighted by atomic mass is 16.6. The number of likely N-dealkylation sites (tertiary alicyclic amines) is 1. The van der Waals surface area contributed by atoms with E-state index in [2.05, 4.69) is 5.32 Å². The quantitative estimate of drug-likeness (QED) is 0.589. The molecule has 5 rings (SSSR count). The molecule has 2 bridgehead atoms. The second kappa shape index (κ2) is 6.68. The lowest BCUT2D eigenvalue weighted by Gasteiger charge is -2.42. The Morgan fingerprint density at radius 1 is 1.17 bits per heavy atom. The standard InChI is InChI=1S/C20H18N4O6/c25-18-10-30-17-4-1-12(6-14(17)21-18)19(26)22-7-11-5-13(9-22)15-2-3-16(24(28)29)20(27)23(15)8-11/h1-4,6,11,13H,5,7-10H2,(H,21,25)/t11-,13?/m0/s1. The van der Waals surface area contributed by atoms with E-state index in [-0.39, 0.29) is 30.3 Å². The van der Waals surface area contributed by atoms with Crippen LogP contribution in [0.4, 0.5) is 11.4 Å². The Hall–Kier alpha value is -3.69. The molecule has 1 saturated heterocycles. The molecule has 2 atom stereocenters.